The van der Waals surface area contributed by atoms with E-state index in [1.807, 2.05) is 18.2 Å². The lowest BCUT2D eigenvalue weighted by atomic mass is 10.1. The lowest BCUT2D eigenvalue weighted by Crippen LogP contribution is -2.50. The Balaban J connectivity index is 1.37. The molecule has 1 fully saturated rings. The first-order valence-corrected chi connectivity index (χ1v) is 11.6. The van der Waals surface area contributed by atoms with Crippen LogP contribution in [0, 0.1) is 0 Å². The van der Waals surface area contributed by atoms with Crippen LogP contribution in [-0.2, 0) is 11.3 Å². The summed E-state index contributed by atoms with van der Waals surface area (Å²) in [6.45, 7) is 3.55. The highest BCUT2D eigenvalue weighted by atomic mass is 16.5. The Morgan fingerprint density at radius 1 is 0.971 bits per heavy atom. The molecule has 8 nitrogen and oxygen atoms in total. The van der Waals surface area contributed by atoms with Crippen LogP contribution in [0.25, 0.3) is 17.3 Å². The molecule has 0 bridgehead atoms. The summed E-state index contributed by atoms with van der Waals surface area (Å²) in [5.74, 6) is 1.13. The predicted octanol–water partition coefficient (Wildman–Crippen LogP) is 2.79. The second-order valence-electron chi connectivity index (χ2n) is 8.28. The van der Waals surface area contributed by atoms with E-state index in [9.17, 15) is 9.59 Å². The van der Waals surface area contributed by atoms with Crippen LogP contribution in [0.4, 0.5) is 0 Å². The molecular weight excluding hydrogens is 444 g/mol. The van der Waals surface area contributed by atoms with Crippen molar-refractivity contribution in [2.75, 3.05) is 46.9 Å². The molecule has 0 unspecified atom stereocenters. The second-order valence-corrected chi connectivity index (χ2v) is 8.28. The number of ether oxygens (including phenoxy) is 2. The molecule has 0 saturated carbocycles. The first-order valence-electron chi connectivity index (χ1n) is 11.6. The summed E-state index contributed by atoms with van der Waals surface area (Å²) in [6, 6.07) is 18.6. The molecule has 0 atom stereocenters. The van der Waals surface area contributed by atoms with E-state index in [2.05, 4.69) is 34.3 Å². The number of carbonyl (C=O) groups excluding carboxylic acids is 1. The zero-order valence-corrected chi connectivity index (χ0v) is 20.1. The number of amides is 1. The van der Waals surface area contributed by atoms with Crippen molar-refractivity contribution in [3.63, 3.8) is 0 Å². The molecule has 1 aliphatic heterocycles. The van der Waals surface area contributed by atoms with Crippen LogP contribution in [0.2, 0.25) is 0 Å². The lowest BCUT2D eigenvalue weighted by molar-refractivity contribution is -0.133. The van der Waals surface area contributed by atoms with Gasteiger partial charge in [-0.15, -0.1) is 0 Å². The Kier molecular flexibility index (Phi) is 7.95. The number of nitrogens with zero attached hydrogens (tertiary/aromatic N) is 4. The van der Waals surface area contributed by atoms with Gasteiger partial charge in [0.2, 0.25) is 5.91 Å². The van der Waals surface area contributed by atoms with Gasteiger partial charge in [0.25, 0.3) is 5.56 Å². The van der Waals surface area contributed by atoms with Crippen molar-refractivity contribution >= 4 is 12.0 Å². The van der Waals surface area contributed by atoms with Crippen molar-refractivity contribution in [2.45, 2.75) is 6.54 Å². The molecular formula is C27H30N4O4. The number of piperazine rings is 1. The Hall–Kier alpha value is -3.91. The molecule has 1 aliphatic rings. The standard InChI is InChI=1S/C27H30N4O4/c1-34-22-10-12-25(35-2)23(19-22)24-11-13-26(32)31(28-24)20-27(33)30-17-15-29(16-18-30)14-6-9-21-7-4-3-5-8-21/h3-13,19H,14-18,20H2,1-2H3/b9-6+. The van der Waals surface area contributed by atoms with Crippen LogP contribution in [0.3, 0.4) is 0 Å². The molecule has 0 aliphatic carbocycles. The Morgan fingerprint density at radius 3 is 2.46 bits per heavy atom. The summed E-state index contributed by atoms with van der Waals surface area (Å²) >= 11 is 0. The summed E-state index contributed by atoms with van der Waals surface area (Å²) in [4.78, 5) is 29.5. The van der Waals surface area contributed by atoms with Crippen LogP contribution < -0.4 is 15.0 Å². The van der Waals surface area contributed by atoms with Gasteiger partial charge >= 0.3 is 0 Å². The first kappa shape index (κ1) is 24.2. The maximum atomic E-state index is 12.9. The van der Waals surface area contributed by atoms with Crippen molar-refractivity contribution in [1.82, 2.24) is 19.6 Å². The molecule has 1 saturated heterocycles. The van der Waals surface area contributed by atoms with E-state index < -0.39 is 0 Å². The normalized spacial score (nSPS) is 14.3. The average molecular weight is 475 g/mol. The minimum absolute atomic E-state index is 0.104. The summed E-state index contributed by atoms with van der Waals surface area (Å²) in [5.41, 5.74) is 2.06. The fourth-order valence-electron chi connectivity index (χ4n) is 4.03. The molecule has 8 heteroatoms. The Labute approximate surface area is 205 Å². The van der Waals surface area contributed by atoms with Gasteiger partial charge in [0.05, 0.1) is 19.9 Å². The smallest absolute Gasteiger partial charge is 0.267 e. The summed E-state index contributed by atoms with van der Waals surface area (Å²) in [7, 11) is 3.15. The van der Waals surface area contributed by atoms with Crippen LogP contribution in [0.15, 0.2) is 71.5 Å². The number of hydrogen-bond donors (Lipinski definition) is 0. The fraction of sp³-hybridized carbons (Fsp3) is 0.296. The van der Waals surface area contributed by atoms with E-state index in [1.165, 1.54) is 16.3 Å². The third-order valence-corrected chi connectivity index (χ3v) is 6.03. The van der Waals surface area contributed by atoms with Gasteiger partial charge in [0.1, 0.15) is 18.0 Å². The molecule has 0 N–H and O–H groups in total. The van der Waals surface area contributed by atoms with E-state index in [0.29, 0.717) is 35.8 Å². The van der Waals surface area contributed by atoms with Gasteiger partial charge in [-0.05, 0) is 29.8 Å². The Morgan fingerprint density at radius 2 is 1.74 bits per heavy atom. The number of carbonyl (C=O) groups is 1. The molecule has 4 rings (SSSR count). The molecule has 182 valence electrons. The third kappa shape index (κ3) is 6.16. The zero-order valence-electron chi connectivity index (χ0n) is 20.1. The third-order valence-electron chi connectivity index (χ3n) is 6.03. The lowest BCUT2D eigenvalue weighted by Gasteiger charge is -2.34. The zero-order chi connectivity index (χ0) is 24.6. The van der Waals surface area contributed by atoms with Crippen molar-refractivity contribution in [2.24, 2.45) is 0 Å². The maximum Gasteiger partial charge on any atom is 0.267 e. The van der Waals surface area contributed by atoms with Crippen LogP contribution in [0.5, 0.6) is 11.5 Å². The molecule has 1 aromatic heterocycles. The topological polar surface area (TPSA) is 76.9 Å². The van der Waals surface area contributed by atoms with Crippen molar-refractivity contribution < 1.29 is 14.3 Å². The van der Waals surface area contributed by atoms with Gasteiger partial charge in [0.15, 0.2) is 0 Å². The van der Waals surface area contributed by atoms with E-state index in [1.54, 1.807) is 43.4 Å². The summed E-state index contributed by atoms with van der Waals surface area (Å²) in [5, 5.41) is 4.45. The Bertz CT molecular complexity index is 1230. The number of methoxy groups -OCH3 is 2. The van der Waals surface area contributed by atoms with Crippen molar-refractivity contribution in [3.8, 4) is 22.8 Å². The predicted molar refractivity (Wildman–Crippen MR) is 136 cm³/mol. The monoisotopic (exact) mass is 474 g/mol. The number of aromatic nitrogens is 2. The van der Waals surface area contributed by atoms with Crippen LogP contribution in [-0.4, -0.2) is 72.4 Å². The number of rotatable bonds is 8. The van der Waals surface area contributed by atoms with E-state index >= 15 is 0 Å². The van der Waals surface area contributed by atoms with Gasteiger partial charge in [-0.1, -0.05) is 42.5 Å². The SMILES string of the molecule is COc1ccc(OC)c(-c2ccc(=O)n(CC(=O)N3CCN(C/C=C/c4ccccc4)CC3)n2)c1. The van der Waals surface area contributed by atoms with Gasteiger partial charge < -0.3 is 14.4 Å². The fourth-order valence-corrected chi connectivity index (χ4v) is 4.03. The highest BCUT2D eigenvalue weighted by Crippen LogP contribution is 2.31. The van der Waals surface area contributed by atoms with E-state index in [0.717, 1.165) is 19.6 Å². The maximum absolute atomic E-state index is 12.9. The number of hydrogen-bond acceptors (Lipinski definition) is 6. The molecule has 2 aromatic carbocycles. The van der Waals surface area contributed by atoms with Crippen molar-refractivity contribution in [1.29, 1.82) is 0 Å². The van der Waals surface area contributed by atoms with Crippen LogP contribution >= 0.6 is 0 Å². The molecule has 0 spiro atoms. The highest BCUT2D eigenvalue weighted by molar-refractivity contribution is 5.76. The summed E-state index contributed by atoms with van der Waals surface area (Å²) < 4.78 is 12.0. The summed E-state index contributed by atoms with van der Waals surface area (Å²) in [6.07, 6.45) is 4.26. The molecule has 2 heterocycles. The largest absolute Gasteiger partial charge is 0.497 e. The average Bonchev–Trinajstić information content (AvgIpc) is 2.90. The van der Waals surface area contributed by atoms with Gasteiger partial charge in [-0.2, -0.15) is 5.10 Å². The van der Waals surface area contributed by atoms with Gasteiger partial charge in [0, 0.05) is 44.4 Å². The molecule has 0 radical (unpaired) electrons. The van der Waals surface area contributed by atoms with E-state index in [4.69, 9.17) is 9.47 Å². The van der Waals surface area contributed by atoms with Gasteiger partial charge in [-0.25, -0.2) is 4.68 Å². The molecule has 3 aromatic rings. The highest BCUT2D eigenvalue weighted by Gasteiger charge is 2.21. The minimum Gasteiger partial charge on any atom is -0.497 e. The molecule has 1 amide bonds. The first-order chi connectivity index (χ1) is 17.1. The second kappa shape index (κ2) is 11.5. The van der Waals surface area contributed by atoms with E-state index in [-0.39, 0.29) is 18.0 Å². The number of benzene rings is 2. The quantitative estimate of drug-likeness (QED) is 0.500. The van der Waals surface area contributed by atoms with Gasteiger partial charge in [-0.3, -0.25) is 14.5 Å². The van der Waals surface area contributed by atoms with Crippen molar-refractivity contribution in [3.05, 3.63) is 82.7 Å². The van der Waals surface area contributed by atoms with Crippen LogP contribution in [0.1, 0.15) is 5.56 Å². The molecule has 35 heavy (non-hydrogen) atoms. The minimum atomic E-state index is -0.325.